The highest BCUT2D eigenvalue weighted by Crippen LogP contribution is 2.37. The van der Waals surface area contributed by atoms with Crippen molar-refractivity contribution in [3.8, 4) is 11.5 Å². The minimum atomic E-state index is -0.786. The number of carbonyl (C=O) groups excluding carboxylic acids is 1. The fourth-order valence-corrected chi connectivity index (χ4v) is 3.03. The molecular weight excluding hydrogens is 350 g/mol. The summed E-state index contributed by atoms with van der Waals surface area (Å²) in [7, 11) is 0. The minimum Gasteiger partial charge on any atom is -0.486 e. The van der Waals surface area contributed by atoms with Crippen LogP contribution in [-0.4, -0.2) is 24.1 Å². The molecule has 0 saturated carbocycles. The fraction of sp³-hybridized carbons (Fsp3) is 0.150. The summed E-state index contributed by atoms with van der Waals surface area (Å²) in [5.74, 6) is -0.242. The maximum Gasteiger partial charge on any atom is 0.345 e. The average molecular weight is 365 g/mol. The molecule has 0 radical (unpaired) electrons. The number of carbonyl (C=O) groups is 1. The second-order valence-electron chi connectivity index (χ2n) is 5.98. The van der Waals surface area contributed by atoms with Crippen molar-refractivity contribution in [1.82, 2.24) is 0 Å². The molecule has 27 heavy (non-hydrogen) atoms. The molecule has 4 rings (SSSR count). The molecule has 3 aromatic rings. The number of nitrogens with zero attached hydrogens (tertiary/aromatic N) is 1. The first-order chi connectivity index (χ1) is 13.1. The van der Waals surface area contributed by atoms with Crippen LogP contribution in [0.4, 0.5) is 5.69 Å². The van der Waals surface area contributed by atoms with Crippen LogP contribution in [0.1, 0.15) is 15.9 Å². The van der Waals surface area contributed by atoms with Gasteiger partial charge in [-0.15, -0.1) is 0 Å². The monoisotopic (exact) mass is 365 g/mol. The van der Waals surface area contributed by atoms with Crippen molar-refractivity contribution >= 4 is 22.4 Å². The molecule has 0 N–H and O–H groups in total. The Balaban J connectivity index is 1.62. The van der Waals surface area contributed by atoms with Gasteiger partial charge in [-0.05, 0) is 16.3 Å². The molecule has 7 nitrogen and oxygen atoms in total. The smallest absolute Gasteiger partial charge is 0.345 e. The number of esters is 1. The lowest BCUT2D eigenvalue weighted by molar-refractivity contribution is -0.385. The van der Waals surface area contributed by atoms with Crippen molar-refractivity contribution in [2.45, 2.75) is 6.61 Å². The largest absolute Gasteiger partial charge is 0.486 e. The number of nitro groups is 1. The van der Waals surface area contributed by atoms with E-state index in [1.54, 1.807) is 0 Å². The van der Waals surface area contributed by atoms with Gasteiger partial charge in [0.05, 0.1) is 11.0 Å². The van der Waals surface area contributed by atoms with Crippen LogP contribution in [0, 0.1) is 10.1 Å². The summed E-state index contributed by atoms with van der Waals surface area (Å²) >= 11 is 0. The lowest BCUT2D eigenvalue weighted by Gasteiger charge is -2.18. The Morgan fingerprint density at radius 3 is 2.52 bits per heavy atom. The summed E-state index contributed by atoms with van der Waals surface area (Å²) in [5, 5.41) is 13.3. The summed E-state index contributed by atoms with van der Waals surface area (Å²) in [4.78, 5) is 23.3. The number of nitro benzene ring substituents is 1. The highest BCUT2D eigenvalue weighted by molar-refractivity contribution is 5.95. The zero-order valence-electron chi connectivity index (χ0n) is 14.2. The third kappa shape index (κ3) is 3.27. The average Bonchev–Trinajstić information content (AvgIpc) is 2.70. The second-order valence-corrected chi connectivity index (χ2v) is 5.98. The molecule has 0 saturated heterocycles. The molecule has 0 spiro atoms. The molecule has 1 heterocycles. The Hall–Kier alpha value is -3.61. The topological polar surface area (TPSA) is 87.9 Å². The minimum absolute atomic E-state index is 0.00574. The number of hydrogen-bond acceptors (Lipinski definition) is 6. The first-order valence-corrected chi connectivity index (χ1v) is 8.35. The summed E-state index contributed by atoms with van der Waals surface area (Å²) < 4.78 is 16.1. The normalized spacial score (nSPS) is 12.6. The van der Waals surface area contributed by atoms with Crippen LogP contribution in [0.25, 0.3) is 10.8 Å². The third-order valence-corrected chi connectivity index (χ3v) is 4.32. The van der Waals surface area contributed by atoms with Gasteiger partial charge >= 0.3 is 5.97 Å². The Morgan fingerprint density at radius 2 is 1.74 bits per heavy atom. The molecule has 0 unspecified atom stereocenters. The van der Waals surface area contributed by atoms with E-state index in [0.717, 1.165) is 16.3 Å². The molecule has 0 bridgehead atoms. The predicted octanol–water partition coefficient (Wildman–Crippen LogP) is 3.88. The van der Waals surface area contributed by atoms with Crippen molar-refractivity contribution in [3.05, 3.63) is 75.8 Å². The van der Waals surface area contributed by atoms with Crippen molar-refractivity contribution < 1.29 is 23.9 Å². The molecule has 136 valence electrons. The molecule has 3 aromatic carbocycles. The van der Waals surface area contributed by atoms with Crippen LogP contribution < -0.4 is 9.47 Å². The number of fused-ring (bicyclic) bond motifs is 2. The lowest BCUT2D eigenvalue weighted by atomic mass is 10.1. The van der Waals surface area contributed by atoms with E-state index >= 15 is 0 Å². The van der Waals surface area contributed by atoms with E-state index in [2.05, 4.69) is 0 Å². The van der Waals surface area contributed by atoms with Gasteiger partial charge in [-0.25, -0.2) is 4.79 Å². The van der Waals surface area contributed by atoms with Gasteiger partial charge in [0, 0.05) is 6.07 Å². The van der Waals surface area contributed by atoms with E-state index in [4.69, 9.17) is 14.2 Å². The van der Waals surface area contributed by atoms with Gasteiger partial charge in [-0.2, -0.15) is 0 Å². The Bertz CT molecular complexity index is 1040. The van der Waals surface area contributed by atoms with Crippen molar-refractivity contribution in [3.63, 3.8) is 0 Å². The highest BCUT2D eigenvalue weighted by atomic mass is 16.6. The summed E-state index contributed by atoms with van der Waals surface area (Å²) in [6, 6.07) is 15.9. The molecule has 0 atom stereocenters. The molecule has 0 aromatic heterocycles. The maximum absolute atomic E-state index is 12.5. The summed E-state index contributed by atoms with van der Waals surface area (Å²) in [5.41, 5.74) is 0.285. The van der Waals surface area contributed by atoms with Crippen molar-refractivity contribution in [2.75, 3.05) is 13.2 Å². The van der Waals surface area contributed by atoms with E-state index in [0.29, 0.717) is 19.0 Å². The van der Waals surface area contributed by atoms with E-state index in [1.807, 2.05) is 42.5 Å². The van der Waals surface area contributed by atoms with Gasteiger partial charge < -0.3 is 14.2 Å². The highest BCUT2D eigenvalue weighted by Gasteiger charge is 2.27. The molecule has 7 heteroatoms. The lowest BCUT2D eigenvalue weighted by Crippen LogP contribution is -2.17. The van der Waals surface area contributed by atoms with Crippen LogP contribution in [-0.2, 0) is 11.3 Å². The van der Waals surface area contributed by atoms with Gasteiger partial charge in [-0.1, -0.05) is 42.5 Å². The summed E-state index contributed by atoms with van der Waals surface area (Å²) in [6.45, 7) is 0.621. The quantitative estimate of drug-likeness (QED) is 0.396. The Kier molecular flexibility index (Phi) is 4.33. The molecule has 1 aliphatic rings. The molecule has 1 aliphatic heterocycles. The first kappa shape index (κ1) is 16.8. The predicted molar refractivity (Wildman–Crippen MR) is 97.2 cm³/mol. The van der Waals surface area contributed by atoms with Gasteiger partial charge in [0.25, 0.3) is 5.69 Å². The number of benzene rings is 3. The summed E-state index contributed by atoms with van der Waals surface area (Å²) in [6.07, 6.45) is 0. The van der Waals surface area contributed by atoms with Crippen LogP contribution in [0.3, 0.4) is 0 Å². The zero-order valence-corrected chi connectivity index (χ0v) is 14.2. The molecular formula is C20H15NO6. The number of rotatable bonds is 4. The van der Waals surface area contributed by atoms with Crippen LogP contribution >= 0.6 is 0 Å². The third-order valence-electron chi connectivity index (χ3n) is 4.32. The number of hydrogen-bond donors (Lipinski definition) is 0. The van der Waals surface area contributed by atoms with Gasteiger partial charge in [0.15, 0.2) is 11.5 Å². The van der Waals surface area contributed by atoms with Gasteiger partial charge in [0.1, 0.15) is 25.4 Å². The van der Waals surface area contributed by atoms with Crippen LogP contribution in [0.5, 0.6) is 11.5 Å². The van der Waals surface area contributed by atoms with Crippen molar-refractivity contribution in [1.29, 1.82) is 0 Å². The van der Waals surface area contributed by atoms with Gasteiger partial charge in [-0.3, -0.25) is 10.1 Å². The standard InChI is InChI=1S/C20H15NO6/c22-20(27-12-14-6-3-5-13-4-1-2-7-15(13)14)16-10-18-19(26-9-8-25-18)11-17(16)21(23)24/h1-7,10-11H,8-9,12H2. The fourth-order valence-electron chi connectivity index (χ4n) is 3.03. The zero-order chi connectivity index (χ0) is 18.8. The van der Waals surface area contributed by atoms with Gasteiger partial charge in [0.2, 0.25) is 0 Å². The van der Waals surface area contributed by atoms with E-state index in [-0.39, 0.29) is 23.6 Å². The number of ether oxygens (including phenoxy) is 3. The van der Waals surface area contributed by atoms with E-state index in [9.17, 15) is 14.9 Å². The first-order valence-electron chi connectivity index (χ1n) is 8.35. The van der Waals surface area contributed by atoms with E-state index < -0.39 is 10.9 Å². The molecule has 0 aliphatic carbocycles. The maximum atomic E-state index is 12.5. The Morgan fingerprint density at radius 1 is 1.04 bits per heavy atom. The van der Waals surface area contributed by atoms with Crippen molar-refractivity contribution in [2.24, 2.45) is 0 Å². The second kappa shape index (κ2) is 6.95. The Labute approximate surface area is 154 Å². The van der Waals surface area contributed by atoms with Crippen LogP contribution in [0.15, 0.2) is 54.6 Å². The molecule has 0 fully saturated rings. The van der Waals surface area contributed by atoms with E-state index in [1.165, 1.54) is 12.1 Å². The molecule has 0 amide bonds. The van der Waals surface area contributed by atoms with Crippen LogP contribution in [0.2, 0.25) is 0 Å². The SMILES string of the molecule is O=C(OCc1cccc2ccccc12)c1cc2c(cc1[N+](=O)[O-])OCCO2.